The molecular formula is C18H33Cl2N3O. The molecule has 0 aromatic carbocycles. The topological polar surface area (TPSA) is 44.4 Å². The first kappa shape index (κ1) is 20.3. The van der Waals surface area contributed by atoms with Crippen LogP contribution >= 0.6 is 24.8 Å². The first-order valence-corrected chi connectivity index (χ1v) is 9.49. The van der Waals surface area contributed by atoms with Gasteiger partial charge in [-0.25, -0.2) is 0 Å². The fraction of sp³-hybridized carbons (Fsp3) is 0.944. The average Bonchev–Trinajstić information content (AvgIpc) is 2.92. The number of hydrogen-bond acceptors (Lipinski definition) is 3. The molecule has 6 heteroatoms. The number of halogens is 2. The smallest absolute Gasteiger partial charge is 0.237 e. The van der Waals surface area contributed by atoms with Gasteiger partial charge in [-0.2, -0.15) is 0 Å². The molecule has 1 aliphatic carbocycles. The first-order chi connectivity index (χ1) is 10.7. The molecule has 1 amide bonds. The van der Waals surface area contributed by atoms with E-state index in [1.807, 2.05) is 0 Å². The van der Waals surface area contributed by atoms with Crippen LogP contribution in [0.3, 0.4) is 0 Å². The maximum absolute atomic E-state index is 12.7. The predicted molar refractivity (Wildman–Crippen MR) is 102 cm³/mol. The molecule has 4 fully saturated rings. The zero-order valence-corrected chi connectivity index (χ0v) is 16.3. The average molecular weight is 378 g/mol. The van der Waals surface area contributed by atoms with Gasteiger partial charge in [-0.15, -0.1) is 24.8 Å². The molecule has 5 unspecified atom stereocenters. The lowest BCUT2D eigenvalue weighted by atomic mass is 9.82. The van der Waals surface area contributed by atoms with Gasteiger partial charge in [-0.3, -0.25) is 4.79 Å². The third-order valence-corrected chi connectivity index (χ3v) is 6.87. The second-order valence-electron chi connectivity index (χ2n) is 8.19. The third-order valence-electron chi connectivity index (χ3n) is 6.87. The maximum atomic E-state index is 12.7. The lowest BCUT2D eigenvalue weighted by Gasteiger charge is -2.47. The van der Waals surface area contributed by atoms with Crippen LogP contribution in [-0.2, 0) is 4.79 Å². The van der Waals surface area contributed by atoms with Crippen molar-refractivity contribution in [3.63, 3.8) is 0 Å². The summed E-state index contributed by atoms with van der Waals surface area (Å²) >= 11 is 0. The Morgan fingerprint density at radius 2 is 1.62 bits per heavy atom. The fourth-order valence-corrected chi connectivity index (χ4v) is 5.56. The molecule has 4 nitrogen and oxygen atoms in total. The molecule has 5 atom stereocenters. The molecule has 0 spiro atoms. The second kappa shape index (κ2) is 8.57. The first-order valence-electron chi connectivity index (χ1n) is 9.49. The molecule has 2 N–H and O–H groups in total. The van der Waals surface area contributed by atoms with Crippen LogP contribution in [0, 0.1) is 5.92 Å². The summed E-state index contributed by atoms with van der Waals surface area (Å²) in [4.78, 5) is 15.2. The van der Waals surface area contributed by atoms with E-state index in [1.165, 1.54) is 44.9 Å². The van der Waals surface area contributed by atoms with E-state index in [2.05, 4.69) is 22.6 Å². The summed E-state index contributed by atoms with van der Waals surface area (Å²) < 4.78 is 0. The van der Waals surface area contributed by atoms with E-state index in [9.17, 15) is 4.79 Å². The van der Waals surface area contributed by atoms with Gasteiger partial charge in [0.1, 0.15) is 0 Å². The molecule has 2 bridgehead atoms. The minimum absolute atomic E-state index is 0. The van der Waals surface area contributed by atoms with Crippen molar-refractivity contribution in [2.75, 3.05) is 7.05 Å². The highest BCUT2D eigenvalue weighted by Crippen LogP contribution is 2.35. The van der Waals surface area contributed by atoms with Gasteiger partial charge < -0.3 is 15.5 Å². The van der Waals surface area contributed by atoms with Crippen molar-refractivity contribution in [3.8, 4) is 0 Å². The second-order valence-corrected chi connectivity index (χ2v) is 8.19. The van der Waals surface area contributed by atoms with Crippen LogP contribution in [0.4, 0.5) is 0 Å². The number of nitrogens with zero attached hydrogens (tertiary/aromatic N) is 1. The number of piperidine rings is 2. The highest BCUT2D eigenvalue weighted by Gasteiger charge is 2.40. The molecule has 3 aliphatic heterocycles. The van der Waals surface area contributed by atoms with Crippen molar-refractivity contribution < 1.29 is 4.79 Å². The number of amides is 1. The lowest BCUT2D eigenvalue weighted by Crippen LogP contribution is -2.57. The quantitative estimate of drug-likeness (QED) is 0.777. The van der Waals surface area contributed by atoms with Crippen molar-refractivity contribution >= 4 is 30.7 Å². The summed E-state index contributed by atoms with van der Waals surface area (Å²) in [5, 5.41) is 7.01. The van der Waals surface area contributed by atoms with E-state index in [0.717, 1.165) is 25.2 Å². The van der Waals surface area contributed by atoms with Crippen LogP contribution in [0.25, 0.3) is 0 Å². The normalized spacial score (nSPS) is 41.5. The summed E-state index contributed by atoms with van der Waals surface area (Å²) in [5.74, 6) is 1.03. The van der Waals surface area contributed by atoms with Crippen molar-refractivity contribution in [1.82, 2.24) is 15.5 Å². The number of nitrogens with one attached hydrogen (secondary N) is 2. The van der Waals surface area contributed by atoms with Crippen molar-refractivity contribution in [2.24, 2.45) is 5.92 Å². The number of carbonyl (C=O) groups is 1. The molecule has 3 saturated heterocycles. The maximum Gasteiger partial charge on any atom is 0.237 e. The van der Waals surface area contributed by atoms with E-state index in [-0.39, 0.29) is 36.8 Å². The molecule has 0 aromatic rings. The van der Waals surface area contributed by atoms with Gasteiger partial charge in [0.2, 0.25) is 5.91 Å². The summed E-state index contributed by atoms with van der Waals surface area (Å²) in [6.45, 7) is 0. The molecule has 24 heavy (non-hydrogen) atoms. The Kier molecular flexibility index (Phi) is 7.24. The summed E-state index contributed by atoms with van der Waals surface area (Å²) in [5.41, 5.74) is 0. The summed E-state index contributed by atoms with van der Waals surface area (Å²) in [7, 11) is 2.27. The molecular weight excluding hydrogens is 345 g/mol. The minimum atomic E-state index is 0. The number of hydrogen-bond donors (Lipinski definition) is 2. The predicted octanol–water partition coefficient (Wildman–Crippen LogP) is 2.88. The molecule has 4 aliphatic rings. The largest absolute Gasteiger partial charge is 0.352 e. The van der Waals surface area contributed by atoms with Crippen LogP contribution in [0.15, 0.2) is 0 Å². The Hall–Kier alpha value is -0.0300. The van der Waals surface area contributed by atoms with Gasteiger partial charge in [-0.05, 0) is 57.9 Å². The van der Waals surface area contributed by atoms with Gasteiger partial charge in [0.25, 0.3) is 0 Å². The van der Waals surface area contributed by atoms with Gasteiger partial charge in [0.15, 0.2) is 0 Å². The number of rotatable bonds is 2. The fourth-order valence-electron chi connectivity index (χ4n) is 5.56. The van der Waals surface area contributed by atoms with E-state index >= 15 is 0 Å². The van der Waals surface area contributed by atoms with Crippen LogP contribution in [-0.4, -0.2) is 48.1 Å². The van der Waals surface area contributed by atoms with Crippen LogP contribution in [0.1, 0.15) is 64.2 Å². The third kappa shape index (κ3) is 4.03. The highest BCUT2D eigenvalue weighted by molar-refractivity contribution is 5.85. The van der Waals surface area contributed by atoms with E-state index in [0.29, 0.717) is 24.2 Å². The molecule has 1 saturated carbocycles. The minimum Gasteiger partial charge on any atom is -0.352 e. The zero-order valence-electron chi connectivity index (χ0n) is 14.7. The van der Waals surface area contributed by atoms with Crippen LogP contribution in [0.5, 0.6) is 0 Å². The van der Waals surface area contributed by atoms with Gasteiger partial charge in [0.05, 0.1) is 6.04 Å². The van der Waals surface area contributed by atoms with Gasteiger partial charge in [-0.1, -0.05) is 19.3 Å². The Morgan fingerprint density at radius 3 is 2.29 bits per heavy atom. The summed E-state index contributed by atoms with van der Waals surface area (Å²) in [6.07, 6.45) is 12.6. The number of fused-ring (bicyclic) bond motifs is 3. The molecule has 0 aromatic heterocycles. The van der Waals surface area contributed by atoms with Crippen LogP contribution in [0.2, 0.25) is 0 Å². The monoisotopic (exact) mass is 377 g/mol. The van der Waals surface area contributed by atoms with Crippen molar-refractivity contribution in [2.45, 2.75) is 94.4 Å². The molecule has 3 heterocycles. The molecule has 0 radical (unpaired) electrons. The van der Waals surface area contributed by atoms with Crippen molar-refractivity contribution in [1.29, 1.82) is 0 Å². The Balaban J connectivity index is 0.00000104. The van der Waals surface area contributed by atoms with E-state index in [1.54, 1.807) is 0 Å². The van der Waals surface area contributed by atoms with Crippen molar-refractivity contribution in [3.05, 3.63) is 0 Å². The molecule has 4 rings (SSSR count). The zero-order chi connectivity index (χ0) is 15.1. The van der Waals surface area contributed by atoms with E-state index < -0.39 is 0 Å². The van der Waals surface area contributed by atoms with Gasteiger partial charge in [0, 0.05) is 24.2 Å². The highest BCUT2D eigenvalue weighted by atomic mass is 35.5. The Morgan fingerprint density at radius 1 is 0.958 bits per heavy atom. The SMILES string of the molecule is CN1C2CCCC1CC(NC(=O)C1CC3CCCCC3N1)C2.Cl.Cl. The standard InChI is InChI=1S/C18H31N3O.2ClH/c1-21-14-6-4-7-15(21)11-13(10-14)19-18(22)17-9-12-5-2-3-8-16(12)20-17;;/h12-17,20H,2-11H2,1H3,(H,19,22);2*1H. The Bertz CT molecular complexity index is 408. The van der Waals surface area contributed by atoms with Gasteiger partial charge >= 0.3 is 0 Å². The summed E-state index contributed by atoms with van der Waals surface area (Å²) in [6, 6.07) is 2.48. The molecule has 140 valence electrons. The van der Waals surface area contributed by atoms with Crippen LogP contribution < -0.4 is 10.6 Å². The number of carbonyl (C=O) groups excluding carboxylic acids is 1. The van der Waals surface area contributed by atoms with E-state index in [4.69, 9.17) is 0 Å². The Labute approximate surface area is 158 Å². The lowest BCUT2D eigenvalue weighted by molar-refractivity contribution is -0.124.